The predicted octanol–water partition coefficient (Wildman–Crippen LogP) is 5.61. The molecule has 156 valence electrons. The van der Waals surface area contributed by atoms with Crippen molar-refractivity contribution in [3.8, 4) is 38.8 Å². The molecule has 0 aliphatic carbocycles. The van der Waals surface area contributed by atoms with Crippen molar-refractivity contribution in [3.05, 3.63) is 65.9 Å². The Morgan fingerprint density at radius 2 is 1.97 bits per heavy atom. The van der Waals surface area contributed by atoms with Crippen LogP contribution in [0.3, 0.4) is 0 Å². The van der Waals surface area contributed by atoms with Gasteiger partial charge in [-0.1, -0.05) is 0 Å². The first-order chi connectivity index (χ1) is 15.7. The molecule has 0 radical (unpaired) electrons. The zero-order valence-corrected chi connectivity index (χ0v) is 18.2. The second-order valence-electron chi connectivity index (χ2n) is 7.49. The van der Waals surface area contributed by atoms with E-state index in [-0.39, 0.29) is 0 Å². The van der Waals surface area contributed by atoms with E-state index in [1.54, 1.807) is 30.8 Å². The van der Waals surface area contributed by atoms with Crippen molar-refractivity contribution in [1.29, 1.82) is 0 Å². The van der Waals surface area contributed by atoms with Crippen molar-refractivity contribution >= 4 is 33.4 Å². The van der Waals surface area contributed by atoms with E-state index in [1.807, 2.05) is 24.4 Å². The van der Waals surface area contributed by atoms with Gasteiger partial charge >= 0.3 is 0 Å². The average molecular weight is 439 g/mol. The summed E-state index contributed by atoms with van der Waals surface area (Å²) < 4.78 is 5.30. The number of hydrogen-bond acceptors (Lipinski definition) is 6. The normalized spacial score (nSPS) is 11.4. The van der Waals surface area contributed by atoms with Crippen molar-refractivity contribution in [2.24, 2.45) is 0 Å². The molecule has 0 aromatic carbocycles. The summed E-state index contributed by atoms with van der Waals surface area (Å²) in [5.41, 5.74) is 6.93. The second-order valence-corrected chi connectivity index (χ2v) is 8.78. The molecule has 0 saturated carbocycles. The molecule has 0 bridgehead atoms. The minimum absolute atomic E-state index is 0.690. The lowest BCUT2D eigenvalue weighted by Crippen LogP contribution is -1.89. The van der Waals surface area contributed by atoms with Crippen LogP contribution in [0.5, 0.6) is 5.75 Å². The first-order valence-corrected chi connectivity index (χ1v) is 10.9. The van der Waals surface area contributed by atoms with Gasteiger partial charge in [-0.3, -0.25) is 10.1 Å². The van der Waals surface area contributed by atoms with E-state index in [4.69, 9.17) is 9.72 Å². The van der Waals surface area contributed by atoms with Crippen molar-refractivity contribution in [3.63, 3.8) is 0 Å². The number of rotatable bonds is 4. The third-order valence-electron chi connectivity index (χ3n) is 5.45. The lowest BCUT2D eigenvalue weighted by atomic mass is 10.1. The Morgan fingerprint density at radius 1 is 1.03 bits per heavy atom. The Balaban J connectivity index is 1.49. The number of fused-ring (bicyclic) bond motifs is 2. The molecular formula is C24H18N6OS. The monoisotopic (exact) mass is 438 g/mol. The molecule has 6 heterocycles. The van der Waals surface area contributed by atoms with Crippen LogP contribution in [0.1, 0.15) is 4.88 Å². The topological polar surface area (TPSA) is 92.4 Å². The molecular weight excluding hydrogens is 420 g/mol. The van der Waals surface area contributed by atoms with Crippen LogP contribution in [0.15, 0.2) is 61.1 Å². The van der Waals surface area contributed by atoms with E-state index in [0.29, 0.717) is 5.75 Å². The van der Waals surface area contributed by atoms with Gasteiger partial charge in [0.15, 0.2) is 0 Å². The van der Waals surface area contributed by atoms with Crippen molar-refractivity contribution < 1.29 is 4.74 Å². The minimum atomic E-state index is 0.690. The Labute approximate surface area is 187 Å². The molecule has 0 unspecified atom stereocenters. The largest absolute Gasteiger partial charge is 0.495 e. The van der Waals surface area contributed by atoms with Gasteiger partial charge in [0.2, 0.25) is 0 Å². The molecule has 0 aliphatic heterocycles. The fraction of sp³-hybridized carbons (Fsp3) is 0.0833. The first-order valence-electron chi connectivity index (χ1n) is 10.1. The highest BCUT2D eigenvalue weighted by atomic mass is 32.1. The van der Waals surface area contributed by atoms with Crippen LogP contribution in [0, 0.1) is 6.92 Å². The average Bonchev–Trinajstić information content (AvgIpc) is 3.55. The second kappa shape index (κ2) is 7.28. The lowest BCUT2D eigenvalue weighted by Gasteiger charge is -2.04. The Hall–Kier alpha value is -4.04. The van der Waals surface area contributed by atoms with Crippen molar-refractivity contribution in [2.45, 2.75) is 6.92 Å². The molecule has 32 heavy (non-hydrogen) atoms. The van der Waals surface area contributed by atoms with Crippen LogP contribution < -0.4 is 4.74 Å². The molecule has 6 aromatic rings. The first kappa shape index (κ1) is 18.7. The maximum atomic E-state index is 5.30. The van der Waals surface area contributed by atoms with E-state index in [2.05, 4.69) is 56.3 Å². The van der Waals surface area contributed by atoms with Gasteiger partial charge in [0, 0.05) is 38.7 Å². The quantitative estimate of drug-likeness (QED) is 0.373. The smallest absolute Gasteiger partial charge is 0.138 e. The SMILES string of the molecule is COc1cncc(-c2ccc3[nH]nc(-c4cc5c(-c6ccc(C)s6)ccnc5[nH]4)c3n2)c1. The molecule has 6 aromatic heterocycles. The fourth-order valence-electron chi connectivity index (χ4n) is 3.87. The maximum absolute atomic E-state index is 5.30. The van der Waals surface area contributed by atoms with Gasteiger partial charge in [-0.05, 0) is 49.4 Å². The number of nitrogens with one attached hydrogen (secondary N) is 2. The van der Waals surface area contributed by atoms with Crippen LogP contribution >= 0.6 is 11.3 Å². The standard InChI is InChI=1S/C24H18N6OS/c1-13-3-6-21(32-13)16-7-8-26-24-17(16)10-20(28-24)23-22-19(29-30-23)5-4-18(27-22)14-9-15(31-2)12-25-11-14/h3-12H,1-2H3,(H,26,28)(H,29,30). The highest BCUT2D eigenvalue weighted by Crippen LogP contribution is 2.36. The van der Waals surface area contributed by atoms with Crippen LogP contribution in [-0.2, 0) is 0 Å². The summed E-state index contributed by atoms with van der Waals surface area (Å²) in [6.45, 7) is 2.12. The predicted molar refractivity (Wildman–Crippen MR) is 127 cm³/mol. The van der Waals surface area contributed by atoms with E-state index in [0.717, 1.165) is 50.3 Å². The van der Waals surface area contributed by atoms with Crippen molar-refractivity contribution in [1.82, 2.24) is 30.1 Å². The Morgan fingerprint density at radius 3 is 2.81 bits per heavy atom. The summed E-state index contributed by atoms with van der Waals surface area (Å²) in [4.78, 5) is 19.6. The van der Waals surface area contributed by atoms with Crippen LogP contribution in [0.4, 0.5) is 0 Å². The third-order valence-corrected chi connectivity index (χ3v) is 6.48. The zero-order valence-electron chi connectivity index (χ0n) is 17.4. The van der Waals surface area contributed by atoms with Gasteiger partial charge in [0.1, 0.15) is 22.6 Å². The number of methoxy groups -OCH3 is 1. The van der Waals surface area contributed by atoms with Gasteiger partial charge in [0.25, 0.3) is 0 Å². The summed E-state index contributed by atoms with van der Waals surface area (Å²) >= 11 is 1.78. The van der Waals surface area contributed by atoms with E-state index in [9.17, 15) is 0 Å². The molecule has 0 aliphatic rings. The van der Waals surface area contributed by atoms with Gasteiger partial charge in [-0.2, -0.15) is 5.10 Å². The van der Waals surface area contributed by atoms with Crippen LogP contribution in [-0.4, -0.2) is 37.2 Å². The molecule has 2 N–H and O–H groups in total. The number of hydrogen-bond donors (Lipinski definition) is 2. The third kappa shape index (κ3) is 3.04. The Kier molecular flexibility index (Phi) is 4.26. The molecule has 8 heteroatoms. The van der Waals surface area contributed by atoms with Gasteiger partial charge in [-0.25, -0.2) is 9.97 Å². The highest BCUT2D eigenvalue weighted by molar-refractivity contribution is 7.15. The highest BCUT2D eigenvalue weighted by Gasteiger charge is 2.16. The van der Waals surface area contributed by atoms with E-state index < -0.39 is 0 Å². The van der Waals surface area contributed by atoms with Crippen molar-refractivity contribution in [2.75, 3.05) is 7.11 Å². The summed E-state index contributed by atoms with van der Waals surface area (Å²) in [5, 5.41) is 8.71. The van der Waals surface area contributed by atoms with E-state index >= 15 is 0 Å². The van der Waals surface area contributed by atoms with Crippen LogP contribution in [0.2, 0.25) is 0 Å². The summed E-state index contributed by atoms with van der Waals surface area (Å²) in [6.07, 6.45) is 5.29. The molecule has 0 amide bonds. The molecule has 6 rings (SSSR count). The number of thiophene rings is 1. The summed E-state index contributed by atoms with van der Waals surface area (Å²) in [7, 11) is 1.63. The van der Waals surface area contributed by atoms with Gasteiger partial charge in [0.05, 0.1) is 30.2 Å². The number of aryl methyl sites for hydroxylation is 1. The van der Waals surface area contributed by atoms with Gasteiger partial charge in [-0.15, -0.1) is 11.3 Å². The van der Waals surface area contributed by atoms with Crippen LogP contribution in [0.25, 0.3) is 55.2 Å². The maximum Gasteiger partial charge on any atom is 0.138 e. The molecule has 0 fully saturated rings. The number of nitrogens with zero attached hydrogens (tertiary/aromatic N) is 4. The number of ether oxygens (including phenoxy) is 1. The lowest BCUT2D eigenvalue weighted by molar-refractivity contribution is 0.413. The zero-order chi connectivity index (χ0) is 21.7. The van der Waals surface area contributed by atoms with Gasteiger partial charge < -0.3 is 9.72 Å². The number of aromatic amines is 2. The molecule has 0 atom stereocenters. The summed E-state index contributed by atoms with van der Waals surface area (Å²) in [6, 6.07) is 14.3. The summed E-state index contributed by atoms with van der Waals surface area (Å²) in [5.74, 6) is 0.690. The minimum Gasteiger partial charge on any atom is -0.495 e. The number of H-pyrrole nitrogens is 2. The molecule has 0 spiro atoms. The number of pyridine rings is 3. The molecule has 0 saturated heterocycles. The Bertz CT molecular complexity index is 1600. The fourth-order valence-corrected chi connectivity index (χ4v) is 4.77. The molecule has 7 nitrogen and oxygen atoms in total. The number of aromatic nitrogens is 6. The van der Waals surface area contributed by atoms with E-state index in [1.165, 1.54) is 9.75 Å².